The Labute approximate surface area is 156 Å². The predicted octanol–water partition coefficient (Wildman–Crippen LogP) is 2.26. The Kier molecular flexibility index (Phi) is 5.85. The third kappa shape index (κ3) is 5.28. The van der Waals surface area contributed by atoms with Crippen molar-refractivity contribution in [3.8, 4) is 5.75 Å². The lowest BCUT2D eigenvalue weighted by molar-refractivity contribution is -0.133. The van der Waals surface area contributed by atoms with Gasteiger partial charge in [-0.2, -0.15) is 0 Å². The fourth-order valence-corrected chi connectivity index (χ4v) is 2.85. The second kappa shape index (κ2) is 8.29. The van der Waals surface area contributed by atoms with E-state index in [-0.39, 0.29) is 12.8 Å². The highest BCUT2D eigenvalue weighted by molar-refractivity contribution is 5.85. The number of anilines is 1. The molecule has 1 aliphatic heterocycles. The molecule has 26 heavy (non-hydrogen) atoms. The van der Waals surface area contributed by atoms with E-state index in [1.807, 2.05) is 24.3 Å². The molecule has 2 rings (SSSR count). The van der Waals surface area contributed by atoms with Gasteiger partial charge in [-0.15, -0.1) is 0 Å². The molecular weight excluding hydrogens is 334 g/mol. The molecule has 7 heteroatoms. The highest BCUT2D eigenvalue weighted by Gasteiger charge is 2.28. The molecule has 0 radical (unpaired) electrons. The highest BCUT2D eigenvalue weighted by atomic mass is 16.6. The van der Waals surface area contributed by atoms with Crippen molar-refractivity contribution in [1.82, 2.24) is 10.2 Å². The van der Waals surface area contributed by atoms with Gasteiger partial charge in [0.1, 0.15) is 17.4 Å². The summed E-state index contributed by atoms with van der Waals surface area (Å²) in [6, 6.07) is 7.13. The lowest BCUT2D eigenvalue weighted by atomic mass is 10.2. The average molecular weight is 364 g/mol. The van der Waals surface area contributed by atoms with Gasteiger partial charge >= 0.3 is 6.09 Å². The second-order valence-corrected chi connectivity index (χ2v) is 7.00. The number of hydrogen-bond donors (Lipinski definition) is 1. The Balaban J connectivity index is 1.88. The van der Waals surface area contributed by atoms with Crippen LogP contribution in [0.3, 0.4) is 0 Å². The Bertz CT molecular complexity index is 660. The molecule has 1 N–H and O–H groups in total. The van der Waals surface area contributed by atoms with E-state index in [9.17, 15) is 9.59 Å². The Morgan fingerprint density at radius 3 is 2.50 bits per heavy atom. The van der Waals surface area contributed by atoms with Gasteiger partial charge in [0, 0.05) is 27.5 Å². The number of amides is 2. The molecule has 144 valence electrons. The van der Waals surface area contributed by atoms with E-state index < -0.39 is 17.7 Å². The first-order valence-corrected chi connectivity index (χ1v) is 8.73. The van der Waals surface area contributed by atoms with Crippen molar-refractivity contribution in [2.45, 2.75) is 39.3 Å². The first kappa shape index (κ1) is 18.4. The molecule has 0 spiro atoms. The Morgan fingerprint density at radius 1 is 1.23 bits per heavy atom. The van der Waals surface area contributed by atoms with Crippen LogP contribution in [-0.4, -0.2) is 61.8 Å². The summed E-state index contributed by atoms with van der Waals surface area (Å²) in [5.74, 6) is 0.669. The van der Waals surface area contributed by atoms with Crippen molar-refractivity contribution in [2.24, 2.45) is 0 Å². The summed E-state index contributed by atoms with van der Waals surface area (Å²) in [5, 5.41) is 2.56. The number of para-hydroxylation sites is 2. The fourth-order valence-electron chi connectivity index (χ4n) is 2.85. The zero-order valence-corrected chi connectivity index (χ0v) is 15.9. The van der Waals surface area contributed by atoms with Gasteiger partial charge in [-0.3, -0.25) is 4.79 Å². The minimum Gasteiger partial charge on any atom is -0.495 e. The number of ether oxygens (including phenoxy) is 2. The zero-order chi connectivity index (χ0) is 20.0. The minimum atomic E-state index is -0.882. The number of alkyl carbamates (subject to hydrolysis) is 1. The van der Waals surface area contributed by atoms with E-state index in [0.717, 1.165) is 11.4 Å². The SMILES string of the molecule is [2H]CC(C)(C)OC(=O)N[C@@H](C)C(=O)N1CCN(c2ccccc2OC)CC1. The molecular formula is C19H29N3O4. The number of nitrogens with one attached hydrogen (secondary N) is 1. The topological polar surface area (TPSA) is 71.1 Å². The maximum Gasteiger partial charge on any atom is 0.408 e. The lowest BCUT2D eigenvalue weighted by Crippen LogP contribution is -2.54. The summed E-state index contributed by atoms with van der Waals surface area (Å²) in [6.07, 6.45) is -0.680. The second-order valence-electron chi connectivity index (χ2n) is 7.00. The quantitative estimate of drug-likeness (QED) is 0.887. The molecule has 0 bridgehead atoms. The van der Waals surface area contributed by atoms with E-state index >= 15 is 0 Å². The molecule has 0 saturated carbocycles. The Hall–Kier alpha value is -2.44. The van der Waals surface area contributed by atoms with E-state index in [1.54, 1.807) is 32.8 Å². The molecule has 2 amide bonds. The van der Waals surface area contributed by atoms with E-state index in [0.29, 0.717) is 26.2 Å². The predicted molar refractivity (Wildman–Crippen MR) is 101 cm³/mol. The minimum absolute atomic E-state index is 0.0480. The summed E-state index contributed by atoms with van der Waals surface area (Å²) in [4.78, 5) is 28.5. The van der Waals surface area contributed by atoms with Crippen molar-refractivity contribution in [2.75, 3.05) is 38.2 Å². The van der Waals surface area contributed by atoms with Crippen molar-refractivity contribution in [3.63, 3.8) is 0 Å². The molecule has 0 aromatic heterocycles. The smallest absolute Gasteiger partial charge is 0.408 e. The normalized spacial score (nSPS) is 16.5. The summed E-state index contributed by atoms with van der Waals surface area (Å²) in [5.41, 5.74) is 0.132. The molecule has 7 nitrogen and oxygen atoms in total. The van der Waals surface area contributed by atoms with Crippen LogP contribution in [0.2, 0.25) is 0 Å². The molecule has 1 heterocycles. The summed E-state index contributed by atoms with van der Waals surface area (Å²) in [6.45, 7) is 7.42. The van der Waals surface area contributed by atoms with E-state index in [4.69, 9.17) is 10.8 Å². The monoisotopic (exact) mass is 364 g/mol. The molecule has 0 unspecified atom stereocenters. The van der Waals surface area contributed by atoms with Gasteiger partial charge < -0.3 is 24.6 Å². The third-order valence-corrected chi connectivity index (χ3v) is 4.09. The van der Waals surface area contributed by atoms with Crippen LogP contribution in [0.4, 0.5) is 10.5 Å². The lowest BCUT2D eigenvalue weighted by Gasteiger charge is -2.37. The van der Waals surface area contributed by atoms with Crippen LogP contribution in [0.25, 0.3) is 0 Å². The molecule has 1 atom stereocenters. The van der Waals surface area contributed by atoms with Crippen LogP contribution in [-0.2, 0) is 9.53 Å². The van der Waals surface area contributed by atoms with Crippen LogP contribution in [0.1, 0.15) is 29.0 Å². The molecule has 1 saturated heterocycles. The number of carbonyl (C=O) groups excluding carboxylic acids is 2. The summed E-state index contributed by atoms with van der Waals surface area (Å²) in [7, 11) is 1.65. The maximum absolute atomic E-state index is 12.6. The largest absolute Gasteiger partial charge is 0.495 e. The van der Waals surface area contributed by atoms with Crippen LogP contribution in [0.15, 0.2) is 24.3 Å². The van der Waals surface area contributed by atoms with Crippen LogP contribution in [0, 0.1) is 0 Å². The van der Waals surface area contributed by atoms with Crippen LogP contribution >= 0.6 is 0 Å². The van der Waals surface area contributed by atoms with Crippen molar-refractivity contribution in [1.29, 1.82) is 0 Å². The first-order chi connectivity index (χ1) is 12.8. The number of methoxy groups -OCH3 is 1. The van der Waals surface area contributed by atoms with E-state index in [2.05, 4.69) is 10.2 Å². The van der Waals surface area contributed by atoms with Gasteiger partial charge in [0.15, 0.2) is 0 Å². The molecule has 1 aliphatic rings. The molecule has 1 aromatic rings. The number of hydrogen-bond acceptors (Lipinski definition) is 5. The number of carbonyl (C=O) groups is 2. The number of benzene rings is 1. The maximum atomic E-state index is 12.6. The number of piperazine rings is 1. The average Bonchev–Trinajstić information content (AvgIpc) is 2.67. The zero-order valence-electron chi connectivity index (χ0n) is 16.9. The van der Waals surface area contributed by atoms with Crippen molar-refractivity contribution in [3.05, 3.63) is 24.3 Å². The van der Waals surface area contributed by atoms with Crippen molar-refractivity contribution < 1.29 is 20.4 Å². The Morgan fingerprint density at radius 2 is 1.88 bits per heavy atom. The van der Waals surface area contributed by atoms with Crippen LogP contribution in [0.5, 0.6) is 5.75 Å². The van der Waals surface area contributed by atoms with Gasteiger partial charge in [-0.25, -0.2) is 4.79 Å². The highest BCUT2D eigenvalue weighted by Crippen LogP contribution is 2.28. The van der Waals surface area contributed by atoms with Gasteiger partial charge in [-0.05, 0) is 39.8 Å². The fraction of sp³-hybridized carbons (Fsp3) is 0.579. The van der Waals surface area contributed by atoms with E-state index in [1.165, 1.54) is 0 Å². The van der Waals surface area contributed by atoms with Gasteiger partial charge in [-0.1, -0.05) is 12.1 Å². The van der Waals surface area contributed by atoms with Gasteiger partial charge in [0.05, 0.1) is 12.8 Å². The standard InChI is InChI=1S/C19H29N3O4/c1-14(20-18(24)26-19(2,3)4)17(23)22-12-10-21(11-13-22)15-8-6-7-9-16(15)25-5/h6-9,14H,10-13H2,1-5H3,(H,20,24)/t14-/m0/s1/i2D. The number of nitrogens with zero attached hydrogens (tertiary/aromatic N) is 2. The van der Waals surface area contributed by atoms with Gasteiger partial charge in [0.2, 0.25) is 5.91 Å². The summed E-state index contributed by atoms with van der Waals surface area (Å²) >= 11 is 0. The molecule has 1 aromatic carbocycles. The molecule has 0 aliphatic carbocycles. The number of rotatable bonds is 4. The first-order valence-electron chi connectivity index (χ1n) is 9.43. The van der Waals surface area contributed by atoms with Crippen molar-refractivity contribution >= 4 is 17.7 Å². The molecule has 1 fully saturated rings. The third-order valence-electron chi connectivity index (χ3n) is 4.09. The van der Waals surface area contributed by atoms with Crippen LogP contribution < -0.4 is 15.0 Å². The van der Waals surface area contributed by atoms with Gasteiger partial charge in [0.25, 0.3) is 0 Å². The summed E-state index contributed by atoms with van der Waals surface area (Å²) < 4.78 is 17.9.